The first-order valence-corrected chi connectivity index (χ1v) is 7.99. The quantitative estimate of drug-likeness (QED) is 0.718. The summed E-state index contributed by atoms with van der Waals surface area (Å²) in [6.07, 6.45) is -4.99. The average molecular weight is 358 g/mol. The maximum atomic E-state index is 14.4. The van der Waals surface area contributed by atoms with Crippen molar-refractivity contribution < 1.29 is 26.5 Å². The van der Waals surface area contributed by atoms with Gasteiger partial charge in [-0.05, 0) is 36.8 Å². The highest BCUT2D eigenvalue weighted by molar-refractivity contribution is 7.89. The molecule has 0 saturated heterocycles. The lowest BCUT2D eigenvalue weighted by atomic mass is 10.1. The van der Waals surface area contributed by atoms with E-state index in [-0.39, 0.29) is 4.90 Å². The molecule has 1 atom stereocenters. The number of alkyl halides is 3. The molecule has 2 rings (SSSR count). The zero-order chi connectivity index (χ0) is 17.9. The fraction of sp³-hybridized carbons (Fsp3) is 0.176. The van der Waals surface area contributed by atoms with Crippen LogP contribution in [0.15, 0.2) is 58.6 Å². The van der Waals surface area contributed by atoms with E-state index in [1.54, 1.807) is 19.1 Å². The number of ether oxygens (including phenoxy) is 1. The van der Waals surface area contributed by atoms with E-state index in [2.05, 4.69) is 0 Å². The van der Waals surface area contributed by atoms with E-state index in [4.69, 9.17) is 4.74 Å². The minimum absolute atomic E-state index is 0.0339. The van der Waals surface area contributed by atoms with Gasteiger partial charge in [0, 0.05) is 4.90 Å². The number of aryl methyl sites for hydroxylation is 1. The summed E-state index contributed by atoms with van der Waals surface area (Å²) in [5, 5.41) is -1.73. The van der Waals surface area contributed by atoms with Gasteiger partial charge in [-0.2, -0.15) is 17.6 Å². The van der Waals surface area contributed by atoms with E-state index in [1.165, 1.54) is 31.4 Å². The summed E-state index contributed by atoms with van der Waals surface area (Å²) < 4.78 is 71.5. The monoisotopic (exact) mass is 358 g/mol. The predicted octanol–water partition coefficient (Wildman–Crippen LogP) is 5.01. The van der Waals surface area contributed by atoms with Gasteiger partial charge in [-0.15, -0.1) is 0 Å². The van der Waals surface area contributed by atoms with E-state index in [1.807, 2.05) is 0 Å². The first-order chi connectivity index (χ1) is 11.2. The largest absolute Gasteiger partial charge is 0.497 e. The van der Waals surface area contributed by atoms with E-state index < -0.39 is 33.3 Å². The minimum atomic E-state index is -4.99. The van der Waals surface area contributed by atoms with Crippen molar-refractivity contribution >= 4 is 16.4 Å². The molecular weight excluding hydrogens is 344 g/mol. The molecule has 2 aromatic rings. The third kappa shape index (κ3) is 4.03. The Morgan fingerprint density at radius 3 is 2.00 bits per heavy atom. The molecule has 0 N–H and O–H groups in total. The summed E-state index contributed by atoms with van der Waals surface area (Å²) in [5.74, 6) is 0.334. The molecule has 0 fully saturated rings. The Morgan fingerprint density at radius 1 is 1.00 bits per heavy atom. The van der Waals surface area contributed by atoms with E-state index in [0.717, 1.165) is 17.7 Å². The molecule has 0 aliphatic rings. The Kier molecular flexibility index (Phi) is 5.43. The number of allylic oxidation sites excluding steroid dienone is 1. The Balaban J connectivity index is 2.53. The van der Waals surface area contributed by atoms with Gasteiger partial charge in [-0.3, -0.25) is 0 Å². The molecule has 0 heterocycles. The average Bonchev–Trinajstić information content (AvgIpc) is 2.54. The number of methoxy groups -OCH3 is 1. The number of rotatable bonds is 4. The van der Waals surface area contributed by atoms with Crippen LogP contribution in [-0.2, 0) is 10.8 Å². The lowest BCUT2D eigenvalue weighted by Gasteiger charge is -2.14. The number of benzene rings is 2. The Hall–Kier alpha value is -2.15. The second kappa shape index (κ2) is 7.17. The van der Waals surface area contributed by atoms with Gasteiger partial charge in [0.25, 0.3) is 0 Å². The molecule has 0 aliphatic heterocycles. The van der Waals surface area contributed by atoms with Gasteiger partial charge in [0.1, 0.15) is 22.1 Å². The second-order valence-corrected chi connectivity index (χ2v) is 6.32. The third-order valence-corrected chi connectivity index (χ3v) is 4.49. The summed E-state index contributed by atoms with van der Waals surface area (Å²) in [7, 11) is -1.20. The van der Waals surface area contributed by atoms with Crippen LogP contribution in [0.2, 0.25) is 0 Å². The van der Waals surface area contributed by atoms with Gasteiger partial charge in [0.15, 0.2) is 0 Å². The molecule has 0 radical (unpaired) electrons. The SMILES string of the molecule is COc1ccc(/C(=C(/F)S(=O)c2ccc(C)cc2)C(F)(F)F)cc1. The van der Waals surface area contributed by atoms with E-state index >= 15 is 0 Å². The Bertz CT molecular complexity index is 763. The minimum Gasteiger partial charge on any atom is -0.497 e. The highest BCUT2D eigenvalue weighted by atomic mass is 32.2. The fourth-order valence-electron chi connectivity index (χ4n) is 2.00. The molecule has 0 aromatic heterocycles. The lowest BCUT2D eigenvalue weighted by Crippen LogP contribution is -2.14. The Morgan fingerprint density at radius 2 is 1.54 bits per heavy atom. The maximum absolute atomic E-state index is 14.4. The zero-order valence-electron chi connectivity index (χ0n) is 12.9. The standard InChI is InChI=1S/C17H14F4O2S/c1-11-3-9-14(10-4-11)24(22)16(18)15(17(19,20)21)12-5-7-13(23-2)8-6-12/h3-10H,1-2H3/b16-15+. The molecule has 0 saturated carbocycles. The summed E-state index contributed by atoms with van der Waals surface area (Å²) in [6.45, 7) is 1.76. The molecule has 128 valence electrons. The molecule has 0 aliphatic carbocycles. The fourth-order valence-corrected chi connectivity index (χ4v) is 3.01. The Labute approximate surface area is 139 Å². The van der Waals surface area contributed by atoms with Crippen LogP contribution in [0.5, 0.6) is 5.75 Å². The topological polar surface area (TPSA) is 26.3 Å². The first-order valence-electron chi connectivity index (χ1n) is 6.84. The number of halogens is 4. The van der Waals surface area contributed by atoms with Gasteiger partial charge in [0.2, 0.25) is 5.16 Å². The van der Waals surface area contributed by atoms with E-state index in [0.29, 0.717) is 5.75 Å². The first kappa shape index (κ1) is 18.2. The molecule has 2 nitrogen and oxygen atoms in total. The molecule has 0 bridgehead atoms. The summed E-state index contributed by atoms with van der Waals surface area (Å²) in [4.78, 5) is -0.0339. The van der Waals surface area contributed by atoms with Crippen LogP contribution in [-0.4, -0.2) is 17.5 Å². The van der Waals surface area contributed by atoms with Crippen molar-refractivity contribution in [1.82, 2.24) is 0 Å². The van der Waals surface area contributed by atoms with Crippen LogP contribution in [0.3, 0.4) is 0 Å². The van der Waals surface area contributed by atoms with Crippen LogP contribution in [0.25, 0.3) is 5.57 Å². The van der Waals surface area contributed by atoms with Crippen LogP contribution < -0.4 is 4.74 Å². The van der Waals surface area contributed by atoms with Gasteiger partial charge in [-0.25, -0.2) is 4.21 Å². The predicted molar refractivity (Wildman–Crippen MR) is 84.7 cm³/mol. The van der Waals surface area contributed by atoms with Crippen molar-refractivity contribution in [2.75, 3.05) is 7.11 Å². The van der Waals surface area contributed by atoms with Crippen LogP contribution in [0.1, 0.15) is 11.1 Å². The van der Waals surface area contributed by atoms with Crippen molar-refractivity contribution in [2.24, 2.45) is 0 Å². The van der Waals surface area contributed by atoms with Gasteiger partial charge in [-0.1, -0.05) is 29.8 Å². The van der Waals surface area contributed by atoms with Crippen molar-refractivity contribution in [3.63, 3.8) is 0 Å². The molecule has 7 heteroatoms. The summed E-state index contributed by atoms with van der Waals surface area (Å²) in [5.41, 5.74) is -1.14. The second-order valence-electron chi connectivity index (χ2n) is 4.96. The highest BCUT2D eigenvalue weighted by Crippen LogP contribution is 2.39. The molecule has 0 spiro atoms. The zero-order valence-corrected chi connectivity index (χ0v) is 13.7. The molecule has 1 unspecified atom stereocenters. The maximum Gasteiger partial charge on any atom is 0.420 e. The number of hydrogen-bond acceptors (Lipinski definition) is 2. The van der Waals surface area contributed by atoms with Crippen molar-refractivity contribution in [1.29, 1.82) is 0 Å². The molecule has 2 aromatic carbocycles. The molecule has 0 amide bonds. The van der Waals surface area contributed by atoms with Crippen molar-refractivity contribution in [3.8, 4) is 5.75 Å². The molecular formula is C17H14F4O2S. The third-order valence-electron chi connectivity index (χ3n) is 3.26. The number of hydrogen-bond donors (Lipinski definition) is 0. The normalized spacial score (nSPS) is 14.1. The van der Waals surface area contributed by atoms with Crippen LogP contribution in [0.4, 0.5) is 17.6 Å². The van der Waals surface area contributed by atoms with Gasteiger partial charge in [0.05, 0.1) is 7.11 Å². The summed E-state index contributed by atoms with van der Waals surface area (Å²) >= 11 is 0. The lowest BCUT2D eigenvalue weighted by molar-refractivity contribution is -0.0697. The van der Waals surface area contributed by atoms with Gasteiger partial charge >= 0.3 is 6.18 Å². The van der Waals surface area contributed by atoms with Crippen LogP contribution >= 0.6 is 0 Å². The smallest absolute Gasteiger partial charge is 0.420 e. The van der Waals surface area contributed by atoms with Gasteiger partial charge < -0.3 is 4.74 Å². The van der Waals surface area contributed by atoms with Crippen molar-refractivity contribution in [2.45, 2.75) is 18.0 Å². The van der Waals surface area contributed by atoms with Crippen molar-refractivity contribution in [3.05, 3.63) is 64.8 Å². The molecule has 24 heavy (non-hydrogen) atoms. The highest BCUT2D eigenvalue weighted by Gasteiger charge is 2.40. The van der Waals surface area contributed by atoms with E-state index in [9.17, 15) is 21.8 Å². The van der Waals surface area contributed by atoms with Crippen LogP contribution in [0, 0.1) is 6.92 Å². The summed E-state index contributed by atoms with van der Waals surface area (Å²) in [6, 6.07) is 10.5.